The number of hydrogen-bond acceptors (Lipinski definition) is 5. The maximum absolute atomic E-state index is 12.2. The number of hydrogen-bond donors (Lipinski definition) is 2. The van der Waals surface area contributed by atoms with Crippen LogP contribution in [-0.2, 0) is 14.3 Å². The maximum Gasteiger partial charge on any atom is 0.329 e. The lowest BCUT2D eigenvalue weighted by Crippen LogP contribution is -2.42. The number of ketones is 1. The number of carbonyl (C=O) groups is 4. The maximum atomic E-state index is 12.2. The molecule has 2 unspecified atom stereocenters. The van der Waals surface area contributed by atoms with Gasteiger partial charge in [-0.15, -0.1) is 0 Å². The van der Waals surface area contributed by atoms with Crippen molar-refractivity contribution in [2.24, 2.45) is 0 Å². The molecule has 0 bridgehead atoms. The van der Waals surface area contributed by atoms with Crippen molar-refractivity contribution >= 4 is 29.3 Å². The fourth-order valence-electron chi connectivity index (χ4n) is 2.32. The van der Waals surface area contributed by atoms with Gasteiger partial charge in [0.05, 0.1) is 0 Å². The van der Waals surface area contributed by atoms with Gasteiger partial charge in [-0.3, -0.25) is 14.4 Å². The van der Waals surface area contributed by atoms with Gasteiger partial charge in [-0.25, -0.2) is 4.79 Å². The number of benzene rings is 2. The monoisotopic (exact) mass is 382 g/mol. The topological polar surface area (TPSA) is 102 Å². The molecule has 7 nitrogen and oxygen atoms in total. The highest BCUT2D eigenvalue weighted by Crippen LogP contribution is 2.12. The van der Waals surface area contributed by atoms with Crippen molar-refractivity contribution in [2.75, 3.05) is 5.32 Å². The van der Waals surface area contributed by atoms with Crippen molar-refractivity contribution in [3.63, 3.8) is 0 Å². The van der Waals surface area contributed by atoms with Crippen LogP contribution in [0, 0.1) is 0 Å². The summed E-state index contributed by atoms with van der Waals surface area (Å²) in [6.07, 6.45) is -1.08. The van der Waals surface area contributed by atoms with Crippen LogP contribution in [0.2, 0.25) is 0 Å². The van der Waals surface area contributed by atoms with Gasteiger partial charge in [-0.1, -0.05) is 30.3 Å². The number of amides is 2. The van der Waals surface area contributed by atoms with Crippen LogP contribution in [0.3, 0.4) is 0 Å². The van der Waals surface area contributed by atoms with E-state index in [1.807, 2.05) is 0 Å². The highest BCUT2D eigenvalue weighted by molar-refractivity contribution is 5.99. The zero-order chi connectivity index (χ0) is 20.7. The Morgan fingerprint density at radius 1 is 0.893 bits per heavy atom. The van der Waals surface area contributed by atoms with Crippen LogP contribution >= 0.6 is 0 Å². The summed E-state index contributed by atoms with van der Waals surface area (Å²) in [5.74, 6) is -1.82. The van der Waals surface area contributed by atoms with Gasteiger partial charge in [0.15, 0.2) is 11.9 Å². The number of nitrogens with one attached hydrogen (secondary N) is 2. The number of anilines is 1. The molecule has 0 saturated carbocycles. The molecule has 2 rings (SSSR count). The summed E-state index contributed by atoms with van der Waals surface area (Å²) in [5, 5.41) is 5.12. The van der Waals surface area contributed by atoms with Crippen molar-refractivity contribution in [3.8, 4) is 0 Å². The van der Waals surface area contributed by atoms with Crippen LogP contribution in [0.4, 0.5) is 5.69 Å². The minimum atomic E-state index is -1.08. The molecule has 2 N–H and O–H groups in total. The molecule has 0 aliphatic rings. The third-order valence-corrected chi connectivity index (χ3v) is 3.94. The average Bonchev–Trinajstić information content (AvgIpc) is 2.68. The molecule has 0 heterocycles. The molecule has 2 atom stereocenters. The van der Waals surface area contributed by atoms with E-state index in [2.05, 4.69) is 10.6 Å². The SMILES string of the molecule is CC(=O)c1cccc(NC(=O)C(C)OC(=O)C(C)NC(=O)c2ccccc2)c1. The smallest absolute Gasteiger partial charge is 0.329 e. The van der Waals surface area contributed by atoms with Crippen LogP contribution in [-0.4, -0.2) is 35.7 Å². The molecule has 0 radical (unpaired) electrons. The Morgan fingerprint density at radius 3 is 2.18 bits per heavy atom. The van der Waals surface area contributed by atoms with Crippen molar-refractivity contribution in [1.82, 2.24) is 5.32 Å². The molecule has 28 heavy (non-hydrogen) atoms. The van der Waals surface area contributed by atoms with E-state index in [-0.39, 0.29) is 5.78 Å². The predicted octanol–water partition coefficient (Wildman–Crippen LogP) is 2.58. The van der Waals surface area contributed by atoms with E-state index in [0.717, 1.165) is 0 Å². The van der Waals surface area contributed by atoms with Gasteiger partial charge >= 0.3 is 5.97 Å². The third-order valence-electron chi connectivity index (χ3n) is 3.94. The molecular weight excluding hydrogens is 360 g/mol. The zero-order valence-electron chi connectivity index (χ0n) is 15.9. The zero-order valence-corrected chi connectivity index (χ0v) is 15.9. The lowest BCUT2D eigenvalue weighted by molar-refractivity contribution is -0.154. The molecule has 0 saturated heterocycles. The first-order chi connectivity index (χ1) is 13.3. The summed E-state index contributed by atoms with van der Waals surface area (Å²) >= 11 is 0. The van der Waals surface area contributed by atoms with Gasteiger partial charge in [0.1, 0.15) is 6.04 Å². The summed E-state index contributed by atoms with van der Waals surface area (Å²) in [5.41, 5.74) is 1.30. The number of carbonyl (C=O) groups excluding carboxylic acids is 4. The molecule has 0 spiro atoms. The highest BCUT2D eigenvalue weighted by Gasteiger charge is 2.23. The number of ether oxygens (including phenoxy) is 1. The van der Waals surface area contributed by atoms with Crippen LogP contribution in [0.15, 0.2) is 54.6 Å². The molecule has 0 aliphatic carbocycles. The van der Waals surface area contributed by atoms with E-state index in [1.54, 1.807) is 48.5 Å². The van der Waals surface area contributed by atoms with Gasteiger partial charge < -0.3 is 15.4 Å². The number of esters is 1. The Balaban J connectivity index is 1.90. The summed E-state index contributed by atoms with van der Waals surface area (Å²) in [4.78, 5) is 47.9. The molecule has 146 valence electrons. The normalized spacial score (nSPS) is 12.4. The molecule has 2 aromatic carbocycles. The summed E-state index contributed by atoms with van der Waals surface area (Å²) in [7, 11) is 0. The lowest BCUT2D eigenvalue weighted by atomic mass is 10.1. The average molecular weight is 382 g/mol. The van der Waals surface area contributed by atoms with Gasteiger partial charge in [-0.2, -0.15) is 0 Å². The van der Waals surface area contributed by atoms with Crippen molar-refractivity contribution < 1.29 is 23.9 Å². The Labute approximate surface area is 163 Å². The molecule has 0 fully saturated rings. The Hall–Kier alpha value is -3.48. The second kappa shape index (κ2) is 9.45. The van der Waals surface area contributed by atoms with Gasteiger partial charge in [0, 0.05) is 16.8 Å². The third kappa shape index (κ3) is 5.77. The van der Waals surface area contributed by atoms with Gasteiger partial charge in [-0.05, 0) is 45.0 Å². The van der Waals surface area contributed by atoms with E-state index in [9.17, 15) is 19.2 Å². The Kier molecular flexibility index (Phi) is 7.03. The van der Waals surface area contributed by atoms with E-state index in [0.29, 0.717) is 16.8 Å². The van der Waals surface area contributed by atoms with Gasteiger partial charge in [0.2, 0.25) is 0 Å². The second-order valence-electron chi connectivity index (χ2n) is 6.27. The fourth-order valence-corrected chi connectivity index (χ4v) is 2.32. The fraction of sp³-hybridized carbons (Fsp3) is 0.238. The van der Waals surface area contributed by atoms with Crippen LogP contribution in [0.25, 0.3) is 0 Å². The molecule has 2 amide bonds. The molecule has 2 aromatic rings. The predicted molar refractivity (Wildman–Crippen MR) is 104 cm³/mol. The van der Waals surface area contributed by atoms with Crippen LogP contribution in [0.5, 0.6) is 0 Å². The summed E-state index contributed by atoms with van der Waals surface area (Å²) < 4.78 is 5.13. The first-order valence-electron chi connectivity index (χ1n) is 8.76. The molecule has 0 aliphatic heterocycles. The Bertz CT molecular complexity index is 879. The number of Topliss-reactive ketones (excluding diaryl/α,β-unsaturated/α-hetero) is 1. The van der Waals surface area contributed by atoms with Crippen molar-refractivity contribution in [2.45, 2.75) is 32.9 Å². The van der Waals surface area contributed by atoms with E-state index in [4.69, 9.17) is 4.74 Å². The first kappa shape index (κ1) is 20.8. The van der Waals surface area contributed by atoms with E-state index >= 15 is 0 Å². The quantitative estimate of drug-likeness (QED) is 0.566. The molecule has 7 heteroatoms. The molecule has 0 aromatic heterocycles. The summed E-state index contributed by atoms with van der Waals surface area (Å²) in [6, 6.07) is 14.0. The van der Waals surface area contributed by atoms with Crippen LogP contribution < -0.4 is 10.6 Å². The minimum Gasteiger partial charge on any atom is -0.451 e. The lowest BCUT2D eigenvalue weighted by Gasteiger charge is -2.17. The minimum absolute atomic E-state index is 0.126. The second-order valence-corrected chi connectivity index (χ2v) is 6.27. The largest absolute Gasteiger partial charge is 0.451 e. The number of rotatable bonds is 7. The Morgan fingerprint density at radius 2 is 1.54 bits per heavy atom. The summed E-state index contributed by atoms with van der Waals surface area (Å²) in [6.45, 7) is 4.33. The van der Waals surface area contributed by atoms with Crippen LogP contribution in [0.1, 0.15) is 41.5 Å². The standard InChI is InChI=1S/C21H22N2O5/c1-13(22-20(26)16-8-5-4-6-9-16)21(27)28-15(3)19(25)23-18-11-7-10-17(12-18)14(2)24/h4-13,15H,1-3H3,(H,22,26)(H,23,25). The van der Waals surface area contributed by atoms with E-state index in [1.165, 1.54) is 26.8 Å². The van der Waals surface area contributed by atoms with Gasteiger partial charge in [0.25, 0.3) is 11.8 Å². The van der Waals surface area contributed by atoms with Crippen molar-refractivity contribution in [1.29, 1.82) is 0 Å². The van der Waals surface area contributed by atoms with Crippen molar-refractivity contribution in [3.05, 3.63) is 65.7 Å². The highest BCUT2D eigenvalue weighted by atomic mass is 16.5. The first-order valence-corrected chi connectivity index (χ1v) is 8.76. The molecular formula is C21H22N2O5. The van der Waals surface area contributed by atoms with E-state index < -0.39 is 29.9 Å².